The highest BCUT2D eigenvalue weighted by Gasteiger charge is 2.26. The van der Waals surface area contributed by atoms with E-state index in [1.54, 1.807) is 4.90 Å². The van der Waals surface area contributed by atoms with E-state index in [1.807, 2.05) is 25.1 Å². The molecule has 0 fully saturated rings. The average molecular weight is 219 g/mol. The van der Waals surface area contributed by atoms with Gasteiger partial charge in [0.25, 0.3) is 0 Å². The number of rotatable bonds is 1. The molecule has 1 unspecified atom stereocenters. The molecule has 1 atom stereocenters. The lowest BCUT2D eigenvalue weighted by Crippen LogP contribution is -2.39. The summed E-state index contributed by atoms with van der Waals surface area (Å²) in [6.45, 7) is 5.15. The molecule has 0 aliphatic carbocycles. The molecule has 0 N–H and O–H groups in total. The van der Waals surface area contributed by atoms with Crippen LogP contribution in [0.2, 0.25) is 0 Å². The highest BCUT2D eigenvalue weighted by atomic mass is 16.6. The Kier molecular flexibility index (Phi) is 3.13. The smallest absolute Gasteiger partial charge is 0.414 e. The summed E-state index contributed by atoms with van der Waals surface area (Å²) in [7, 11) is 0. The Bertz CT molecular complexity index is 389. The van der Waals surface area contributed by atoms with Crippen molar-refractivity contribution in [2.75, 3.05) is 18.1 Å². The van der Waals surface area contributed by atoms with Crippen molar-refractivity contribution in [3.8, 4) is 0 Å². The maximum atomic E-state index is 11.8. The van der Waals surface area contributed by atoms with Crippen LogP contribution in [-0.2, 0) is 11.2 Å². The predicted molar refractivity (Wildman–Crippen MR) is 63.7 cm³/mol. The third-order valence-corrected chi connectivity index (χ3v) is 2.83. The zero-order chi connectivity index (χ0) is 11.5. The Balaban J connectivity index is 2.30. The van der Waals surface area contributed by atoms with Crippen molar-refractivity contribution in [2.45, 2.75) is 20.3 Å². The minimum atomic E-state index is -0.235. The first-order valence-corrected chi connectivity index (χ1v) is 5.74. The summed E-state index contributed by atoms with van der Waals surface area (Å²) in [4.78, 5) is 13.6. The van der Waals surface area contributed by atoms with Crippen molar-refractivity contribution in [3.05, 3.63) is 29.8 Å². The molecule has 0 bridgehead atoms. The molecular weight excluding hydrogens is 202 g/mol. The largest absolute Gasteiger partial charge is 0.449 e. The Morgan fingerprint density at radius 1 is 1.50 bits per heavy atom. The van der Waals surface area contributed by atoms with Gasteiger partial charge in [0.1, 0.15) is 0 Å². The molecular formula is C13H17NO2. The van der Waals surface area contributed by atoms with E-state index in [2.05, 4.69) is 13.0 Å². The molecule has 1 aromatic carbocycles. The number of fused-ring (bicyclic) bond motifs is 1. The van der Waals surface area contributed by atoms with E-state index in [0.717, 1.165) is 18.7 Å². The van der Waals surface area contributed by atoms with Crippen LogP contribution in [0.1, 0.15) is 19.4 Å². The van der Waals surface area contributed by atoms with E-state index in [0.29, 0.717) is 12.5 Å². The number of hydrogen-bond donors (Lipinski definition) is 0. The lowest BCUT2D eigenvalue weighted by atomic mass is 9.94. The maximum absolute atomic E-state index is 11.8. The summed E-state index contributed by atoms with van der Waals surface area (Å²) < 4.78 is 5.07. The molecule has 0 saturated carbocycles. The van der Waals surface area contributed by atoms with Gasteiger partial charge in [-0.25, -0.2) is 4.79 Å². The normalized spacial score (nSPS) is 19.1. The highest BCUT2D eigenvalue weighted by molar-refractivity contribution is 5.89. The van der Waals surface area contributed by atoms with Crippen LogP contribution in [0.25, 0.3) is 0 Å². The number of ether oxygens (including phenoxy) is 1. The zero-order valence-electron chi connectivity index (χ0n) is 9.77. The molecule has 1 aliphatic rings. The number of benzene rings is 1. The highest BCUT2D eigenvalue weighted by Crippen LogP contribution is 2.29. The van der Waals surface area contributed by atoms with E-state index in [1.165, 1.54) is 5.56 Å². The number of nitrogens with zero attached hydrogens (tertiary/aromatic N) is 1. The van der Waals surface area contributed by atoms with E-state index >= 15 is 0 Å². The van der Waals surface area contributed by atoms with E-state index in [9.17, 15) is 4.79 Å². The number of carbonyl (C=O) groups is 1. The van der Waals surface area contributed by atoms with Gasteiger partial charge >= 0.3 is 6.09 Å². The lowest BCUT2D eigenvalue weighted by Gasteiger charge is -2.32. The molecule has 1 aromatic rings. The second kappa shape index (κ2) is 4.56. The average Bonchev–Trinajstić information content (AvgIpc) is 2.28. The first-order chi connectivity index (χ1) is 7.72. The monoisotopic (exact) mass is 219 g/mol. The lowest BCUT2D eigenvalue weighted by molar-refractivity contribution is 0.158. The molecule has 3 heteroatoms. The van der Waals surface area contributed by atoms with E-state index in [-0.39, 0.29) is 6.09 Å². The van der Waals surface area contributed by atoms with Crippen LogP contribution in [0.15, 0.2) is 24.3 Å². The summed E-state index contributed by atoms with van der Waals surface area (Å²) in [5.74, 6) is 0.485. The summed E-state index contributed by atoms with van der Waals surface area (Å²) in [6, 6.07) is 8.04. The summed E-state index contributed by atoms with van der Waals surface area (Å²) in [6.07, 6.45) is 0.799. The molecule has 1 amide bonds. The van der Waals surface area contributed by atoms with Gasteiger partial charge in [-0.2, -0.15) is 0 Å². The quantitative estimate of drug-likeness (QED) is 0.727. The standard InChI is InChI=1S/C13H17NO2/c1-3-16-13(15)14-9-10(2)8-11-6-4-5-7-12(11)14/h4-7,10H,3,8-9H2,1-2H3. The van der Waals surface area contributed by atoms with Crippen LogP contribution in [0.5, 0.6) is 0 Å². The van der Waals surface area contributed by atoms with Crippen molar-refractivity contribution in [3.63, 3.8) is 0 Å². The van der Waals surface area contributed by atoms with Crippen molar-refractivity contribution < 1.29 is 9.53 Å². The zero-order valence-corrected chi connectivity index (χ0v) is 9.77. The predicted octanol–water partition coefficient (Wildman–Crippen LogP) is 2.84. The van der Waals surface area contributed by atoms with Crippen LogP contribution in [0.3, 0.4) is 0 Å². The van der Waals surface area contributed by atoms with Gasteiger partial charge in [0.2, 0.25) is 0 Å². The Hall–Kier alpha value is -1.51. The van der Waals surface area contributed by atoms with Crippen molar-refractivity contribution in [1.29, 1.82) is 0 Å². The molecule has 16 heavy (non-hydrogen) atoms. The van der Waals surface area contributed by atoms with Crippen molar-refractivity contribution in [1.82, 2.24) is 0 Å². The van der Waals surface area contributed by atoms with E-state index in [4.69, 9.17) is 4.74 Å². The van der Waals surface area contributed by atoms with Crippen molar-refractivity contribution >= 4 is 11.8 Å². The van der Waals surface area contributed by atoms with Gasteiger partial charge < -0.3 is 4.74 Å². The maximum Gasteiger partial charge on any atom is 0.414 e. The Morgan fingerprint density at radius 2 is 2.25 bits per heavy atom. The third-order valence-electron chi connectivity index (χ3n) is 2.83. The van der Waals surface area contributed by atoms with Gasteiger partial charge in [0.05, 0.1) is 12.3 Å². The number of para-hydroxylation sites is 1. The summed E-state index contributed by atoms with van der Waals surface area (Å²) in [5, 5.41) is 0. The molecule has 0 radical (unpaired) electrons. The number of amides is 1. The van der Waals surface area contributed by atoms with Crippen LogP contribution in [0, 0.1) is 5.92 Å². The Morgan fingerprint density at radius 3 is 3.00 bits per heavy atom. The van der Waals surface area contributed by atoms with Crippen LogP contribution in [-0.4, -0.2) is 19.2 Å². The molecule has 0 saturated heterocycles. The topological polar surface area (TPSA) is 29.5 Å². The van der Waals surface area contributed by atoms with Crippen LogP contribution < -0.4 is 4.90 Å². The van der Waals surface area contributed by atoms with Gasteiger partial charge in [-0.15, -0.1) is 0 Å². The fourth-order valence-electron chi connectivity index (χ4n) is 2.17. The first kappa shape index (κ1) is 11.0. The molecule has 2 rings (SSSR count). The molecule has 0 aromatic heterocycles. The Labute approximate surface area is 96.0 Å². The summed E-state index contributed by atoms with van der Waals surface area (Å²) in [5.41, 5.74) is 2.23. The minimum absolute atomic E-state index is 0.235. The van der Waals surface area contributed by atoms with Gasteiger partial charge in [-0.05, 0) is 30.9 Å². The SMILES string of the molecule is CCOC(=O)N1CC(C)Cc2ccccc21. The number of anilines is 1. The summed E-state index contributed by atoms with van der Waals surface area (Å²) >= 11 is 0. The fourth-order valence-corrected chi connectivity index (χ4v) is 2.17. The van der Waals surface area contributed by atoms with Gasteiger partial charge in [-0.3, -0.25) is 4.90 Å². The van der Waals surface area contributed by atoms with Gasteiger partial charge in [0.15, 0.2) is 0 Å². The number of hydrogen-bond acceptors (Lipinski definition) is 2. The molecule has 1 aliphatic heterocycles. The third kappa shape index (κ3) is 2.03. The molecule has 3 nitrogen and oxygen atoms in total. The van der Waals surface area contributed by atoms with Gasteiger partial charge in [0, 0.05) is 6.54 Å². The van der Waals surface area contributed by atoms with Crippen molar-refractivity contribution in [2.24, 2.45) is 5.92 Å². The number of carbonyl (C=O) groups excluding carboxylic acids is 1. The second-order valence-corrected chi connectivity index (χ2v) is 4.25. The molecule has 0 spiro atoms. The fraction of sp³-hybridized carbons (Fsp3) is 0.462. The molecule has 86 valence electrons. The van der Waals surface area contributed by atoms with Crippen LogP contribution >= 0.6 is 0 Å². The first-order valence-electron chi connectivity index (χ1n) is 5.74. The second-order valence-electron chi connectivity index (χ2n) is 4.25. The molecule has 1 heterocycles. The van der Waals surface area contributed by atoms with Crippen LogP contribution in [0.4, 0.5) is 10.5 Å². The minimum Gasteiger partial charge on any atom is -0.449 e. The van der Waals surface area contributed by atoms with Gasteiger partial charge in [-0.1, -0.05) is 25.1 Å². The van der Waals surface area contributed by atoms with E-state index < -0.39 is 0 Å².